The maximum Gasteiger partial charge on any atom is 0.306 e. The van der Waals surface area contributed by atoms with Crippen molar-refractivity contribution in [1.82, 2.24) is 4.90 Å². The van der Waals surface area contributed by atoms with Crippen molar-refractivity contribution in [2.24, 2.45) is 5.73 Å². The topological polar surface area (TPSA) is 55.6 Å². The minimum Gasteiger partial charge on any atom is -0.461 e. The van der Waals surface area contributed by atoms with Gasteiger partial charge < -0.3 is 10.5 Å². The third-order valence-electron chi connectivity index (χ3n) is 2.48. The van der Waals surface area contributed by atoms with Gasteiger partial charge in [-0.1, -0.05) is 30.3 Å². The minimum absolute atomic E-state index is 0. The Balaban J connectivity index is 0. The molecule has 0 fully saturated rings. The summed E-state index contributed by atoms with van der Waals surface area (Å²) >= 11 is 0. The van der Waals surface area contributed by atoms with E-state index in [0.717, 1.165) is 18.5 Å². The SMILES string of the molecule is CN(CN)CCCC(=O)OCc1ccccc1.Cl.Cl. The number of esters is 1. The summed E-state index contributed by atoms with van der Waals surface area (Å²) in [4.78, 5) is 13.4. The predicted octanol–water partition coefficient (Wildman–Crippen LogP) is 2.20. The van der Waals surface area contributed by atoms with Crippen molar-refractivity contribution >= 4 is 30.8 Å². The largest absolute Gasteiger partial charge is 0.461 e. The highest BCUT2D eigenvalue weighted by Gasteiger charge is 2.04. The van der Waals surface area contributed by atoms with Crippen LogP contribution in [-0.2, 0) is 16.1 Å². The van der Waals surface area contributed by atoms with Crippen LogP contribution in [0.3, 0.4) is 0 Å². The summed E-state index contributed by atoms with van der Waals surface area (Å²) in [6, 6.07) is 9.68. The average Bonchev–Trinajstić information content (AvgIpc) is 2.37. The first-order chi connectivity index (χ1) is 8.22. The number of carbonyl (C=O) groups excluding carboxylic acids is 1. The third-order valence-corrected chi connectivity index (χ3v) is 2.48. The van der Waals surface area contributed by atoms with Gasteiger partial charge in [-0.05, 0) is 25.6 Å². The molecule has 0 unspecified atom stereocenters. The molecule has 0 atom stereocenters. The van der Waals surface area contributed by atoms with Crippen LogP contribution < -0.4 is 5.73 Å². The summed E-state index contributed by atoms with van der Waals surface area (Å²) in [5, 5.41) is 0. The summed E-state index contributed by atoms with van der Waals surface area (Å²) in [6.45, 7) is 1.68. The molecule has 1 rings (SSSR count). The fraction of sp³-hybridized carbons (Fsp3) is 0.462. The highest BCUT2D eigenvalue weighted by molar-refractivity contribution is 5.85. The van der Waals surface area contributed by atoms with E-state index in [9.17, 15) is 4.79 Å². The van der Waals surface area contributed by atoms with Gasteiger partial charge in [0.2, 0.25) is 0 Å². The van der Waals surface area contributed by atoms with Crippen molar-refractivity contribution in [3.63, 3.8) is 0 Å². The van der Waals surface area contributed by atoms with E-state index in [4.69, 9.17) is 10.5 Å². The molecule has 1 aromatic rings. The quantitative estimate of drug-likeness (QED) is 0.620. The molecule has 0 aliphatic heterocycles. The number of carbonyl (C=O) groups is 1. The van der Waals surface area contributed by atoms with Gasteiger partial charge >= 0.3 is 5.97 Å². The molecule has 6 heteroatoms. The van der Waals surface area contributed by atoms with Gasteiger partial charge in [0.05, 0.1) is 0 Å². The van der Waals surface area contributed by atoms with Crippen molar-refractivity contribution in [2.75, 3.05) is 20.3 Å². The number of hydrogen-bond acceptors (Lipinski definition) is 4. The Morgan fingerprint density at radius 2 is 1.89 bits per heavy atom. The maximum absolute atomic E-state index is 11.4. The smallest absolute Gasteiger partial charge is 0.306 e. The van der Waals surface area contributed by atoms with Crippen LogP contribution >= 0.6 is 24.8 Å². The van der Waals surface area contributed by atoms with E-state index < -0.39 is 0 Å². The first-order valence-electron chi connectivity index (χ1n) is 5.80. The van der Waals surface area contributed by atoms with E-state index in [1.165, 1.54) is 0 Å². The average molecular weight is 309 g/mol. The normalized spacial score (nSPS) is 9.42. The Labute approximate surface area is 127 Å². The van der Waals surface area contributed by atoms with Crippen molar-refractivity contribution in [2.45, 2.75) is 19.4 Å². The standard InChI is InChI=1S/C13H20N2O2.2ClH/c1-15(11-14)9-5-8-13(16)17-10-12-6-3-2-4-7-12;;/h2-4,6-7H,5,8-11,14H2,1H3;2*1H. The monoisotopic (exact) mass is 308 g/mol. The Morgan fingerprint density at radius 3 is 2.47 bits per heavy atom. The second-order valence-corrected chi connectivity index (χ2v) is 4.01. The molecule has 0 aliphatic rings. The van der Waals surface area contributed by atoms with E-state index in [0.29, 0.717) is 19.7 Å². The highest BCUT2D eigenvalue weighted by atomic mass is 35.5. The lowest BCUT2D eigenvalue weighted by Gasteiger charge is -2.12. The molecule has 0 heterocycles. The molecule has 2 N–H and O–H groups in total. The number of ether oxygens (including phenoxy) is 1. The van der Waals surface area contributed by atoms with Gasteiger partial charge in [-0.2, -0.15) is 0 Å². The van der Waals surface area contributed by atoms with Gasteiger partial charge in [0.25, 0.3) is 0 Å². The van der Waals surface area contributed by atoms with E-state index in [1.807, 2.05) is 42.3 Å². The number of nitrogens with zero attached hydrogens (tertiary/aromatic N) is 1. The summed E-state index contributed by atoms with van der Waals surface area (Å²) in [6.07, 6.45) is 1.22. The van der Waals surface area contributed by atoms with E-state index in [-0.39, 0.29) is 30.8 Å². The Morgan fingerprint density at radius 1 is 1.26 bits per heavy atom. The molecule has 1 aromatic carbocycles. The summed E-state index contributed by atoms with van der Waals surface area (Å²) in [7, 11) is 1.93. The zero-order valence-electron chi connectivity index (χ0n) is 11.1. The van der Waals surface area contributed by atoms with E-state index >= 15 is 0 Å². The van der Waals surface area contributed by atoms with Crippen LogP contribution in [-0.4, -0.2) is 31.1 Å². The second-order valence-electron chi connectivity index (χ2n) is 4.01. The number of nitrogens with two attached hydrogens (primary N) is 1. The number of halogens is 2. The molecule has 19 heavy (non-hydrogen) atoms. The van der Waals surface area contributed by atoms with Gasteiger partial charge in [0.1, 0.15) is 6.61 Å². The molecule has 4 nitrogen and oxygen atoms in total. The number of hydrogen-bond donors (Lipinski definition) is 1. The molecule has 0 aromatic heterocycles. The highest BCUT2D eigenvalue weighted by Crippen LogP contribution is 2.02. The Bertz CT molecular complexity index is 337. The fourth-order valence-electron chi connectivity index (χ4n) is 1.39. The van der Waals surface area contributed by atoms with E-state index in [1.54, 1.807) is 0 Å². The summed E-state index contributed by atoms with van der Waals surface area (Å²) < 4.78 is 5.15. The van der Waals surface area contributed by atoms with Gasteiger partial charge in [-0.25, -0.2) is 0 Å². The summed E-state index contributed by atoms with van der Waals surface area (Å²) in [5.74, 6) is -0.153. The van der Waals surface area contributed by atoms with E-state index in [2.05, 4.69) is 0 Å². The van der Waals surface area contributed by atoms with Crippen LogP contribution in [0.1, 0.15) is 18.4 Å². The molecule has 0 aliphatic carbocycles. The zero-order chi connectivity index (χ0) is 12.5. The van der Waals surface area contributed by atoms with Crippen LogP contribution in [0.5, 0.6) is 0 Å². The zero-order valence-corrected chi connectivity index (χ0v) is 12.7. The Kier molecular flexibility index (Phi) is 13.2. The van der Waals surface area contributed by atoms with Crippen LogP contribution in [0.25, 0.3) is 0 Å². The fourth-order valence-corrected chi connectivity index (χ4v) is 1.39. The van der Waals surface area contributed by atoms with Gasteiger partial charge in [0, 0.05) is 13.1 Å². The maximum atomic E-state index is 11.4. The Hall–Kier alpha value is -0.810. The lowest BCUT2D eigenvalue weighted by Crippen LogP contribution is -2.27. The van der Waals surface area contributed by atoms with Crippen LogP contribution in [0.4, 0.5) is 0 Å². The van der Waals surface area contributed by atoms with Gasteiger partial charge in [0.15, 0.2) is 0 Å². The lowest BCUT2D eigenvalue weighted by molar-refractivity contribution is -0.145. The number of rotatable bonds is 7. The molecule has 0 saturated heterocycles. The minimum atomic E-state index is -0.153. The molecule has 0 bridgehead atoms. The molecule has 0 spiro atoms. The molecular weight excluding hydrogens is 287 g/mol. The van der Waals surface area contributed by atoms with Gasteiger partial charge in [-0.3, -0.25) is 9.69 Å². The van der Waals surface area contributed by atoms with Crippen molar-refractivity contribution < 1.29 is 9.53 Å². The third kappa shape index (κ3) is 9.73. The van der Waals surface area contributed by atoms with Crippen molar-refractivity contribution in [1.29, 1.82) is 0 Å². The van der Waals surface area contributed by atoms with Crippen LogP contribution in [0.15, 0.2) is 30.3 Å². The van der Waals surface area contributed by atoms with Crippen LogP contribution in [0.2, 0.25) is 0 Å². The van der Waals surface area contributed by atoms with Crippen molar-refractivity contribution in [3.05, 3.63) is 35.9 Å². The second kappa shape index (κ2) is 12.2. The molecule has 0 radical (unpaired) electrons. The van der Waals surface area contributed by atoms with Crippen LogP contribution in [0, 0.1) is 0 Å². The first kappa shape index (κ1) is 20.5. The first-order valence-corrected chi connectivity index (χ1v) is 5.80. The lowest BCUT2D eigenvalue weighted by atomic mass is 10.2. The molecule has 0 amide bonds. The molecule has 0 saturated carbocycles. The molecular formula is C13H22Cl2N2O2. The van der Waals surface area contributed by atoms with Gasteiger partial charge in [-0.15, -0.1) is 24.8 Å². The predicted molar refractivity (Wildman–Crippen MR) is 81.7 cm³/mol. The summed E-state index contributed by atoms with van der Waals surface area (Å²) in [5.41, 5.74) is 6.45. The molecule has 110 valence electrons. The van der Waals surface area contributed by atoms with Crippen molar-refractivity contribution in [3.8, 4) is 0 Å². The number of benzene rings is 1.